The Balaban J connectivity index is 4.16. The van der Waals surface area contributed by atoms with Gasteiger partial charge in [-0.05, 0) is 70.8 Å². The van der Waals surface area contributed by atoms with Gasteiger partial charge in [-0.15, -0.1) is 0 Å². The zero-order valence-electron chi connectivity index (χ0n) is 15.8. The van der Waals surface area contributed by atoms with Crippen LogP contribution in [0.5, 0.6) is 0 Å². The van der Waals surface area contributed by atoms with E-state index >= 15 is 0 Å². The van der Waals surface area contributed by atoms with Crippen molar-refractivity contribution in [1.29, 1.82) is 0 Å². The molecule has 0 fully saturated rings. The molecule has 0 radical (unpaired) electrons. The molecule has 2 atom stereocenters. The summed E-state index contributed by atoms with van der Waals surface area (Å²) in [4.78, 5) is 27.1. The van der Waals surface area contributed by atoms with Crippen LogP contribution in [0, 0.1) is 0 Å². The highest BCUT2D eigenvalue weighted by molar-refractivity contribution is 7.65. The molecule has 0 aliphatic heterocycles. The van der Waals surface area contributed by atoms with E-state index in [4.69, 9.17) is 14.7 Å². The van der Waals surface area contributed by atoms with E-state index < -0.39 is 21.0 Å². The van der Waals surface area contributed by atoms with E-state index in [1.165, 1.54) is 16.7 Å². The molecule has 2 unspecified atom stereocenters. The number of unbranched alkanes of at least 4 members (excludes halogenated alkanes) is 1. The Labute approximate surface area is 153 Å². The molecule has 0 aromatic heterocycles. The van der Waals surface area contributed by atoms with Crippen LogP contribution in [0.15, 0.2) is 34.9 Å². The second kappa shape index (κ2) is 12.7. The molecule has 0 bridgehead atoms. The Hall–Kier alpha value is -0.570. The van der Waals surface area contributed by atoms with Gasteiger partial charge in [-0.1, -0.05) is 34.9 Å². The molecule has 0 spiro atoms. The lowest BCUT2D eigenvalue weighted by Gasteiger charge is -2.06. The molecule has 0 aliphatic carbocycles. The van der Waals surface area contributed by atoms with Crippen LogP contribution in [0.3, 0.4) is 0 Å². The maximum atomic E-state index is 11.1. The molecular weight excluding hydrogens is 358 g/mol. The second-order valence-electron chi connectivity index (χ2n) is 6.76. The van der Waals surface area contributed by atoms with Crippen LogP contribution in [0.1, 0.15) is 72.6 Å². The normalized spacial score (nSPS) is 15.1. The van der Waals surface area contributed by atoms with Gasteiger partial charge < -0.3 is 9.79 Å². The van der Waals surface area contributed by atoms with Crippen molar-refractivity contribution < 1.29 is 23.8 Å². The monoisotopic (exact) mass is 391 g/mol. The van der Waals surface area contributed by atoms with E-state index in [-0.39, 0.29) is 6.42 Å². The van der Waals surface area contributed by atoms with E-state index in [9.17, 15) is 9.13 Å². The molecule has 7 heteroatoms. The van der Waals surface area contributed by atoms with E-state index in [0.29, 0.717) is 12.8 Å². The van der Waals surface area contributed by atoms with E-state index in [1.807, 2.05) is 13.0 Å². The van der Waals surface area contributed by atoms with Gasteiger partial charge in [0.2, 0.25) is 0 Å². The Morgan fingerprint density at radius 1 is 0.960 bits per heavy atom. The van der Waals surface area contributed by atoms with Crippen LogP contribution in [0.4, 0.5) is 0 Å². The summed E-state index contributed by atoms with van der Waals surface area (Å²) in [5.74, 6) is 0. The molecular formula is C18H33O5P2+. The van der Waals surface area contributed by atoms with Crippen molar-refractivity contribution >= 4 is 15.6 Å². The van der Waals surface area contributed by atoms with Gasteiger partial charge in [0.05, 0.1) is 0 Å². The zero-order chi connectivity index (χ0) is 19.5. The van der Waals surface area contributed by atoms with Crippen LogP contribution >= 0.6 is 15.6 Å². The summed E-state index contributed by atoms with van der Waals surface area (Å²) in [5, 5.41) is -1.44. The van der Waals surface area contributed by atoms with Crippen molar-refractivity contribution in [2.45, 2.75) is 78.0 Å². The average molecular weight is 391 g/mol. The standard InChI is InChI=1S/C18H32O5P2/c1-15(2)9-7-11-17(4)13-8-12-16(3)10-5-6-14-18(24(19)20)25(21,22)23/h9-10,13,18H,5-8,11-12,14H2,1-4H3,(H2-,19,20,21,22,23)/p+1. The third-order valence-electron chi connectivity index (χ3n) is 3.93. The number of hydrogen-bond acceptors (Lipinski definition) is 2. The molecule has 25 heavy (non-hydrogen) atoms. The largest absolute Gasteiger partial charge is 0.521 e. The fourth-order valence-corrected chi connectivity index (χ4v) is 4.35. The first-order valence-corrected chi connectivity index (χ1v) is 11.7. The Kier molecular flexibility index (Phi) is 12.4. The van der Waals surface area contributed by atoms with Crippen molar-refractivity contribution in [3.05, 3.63) is 34.9 Å². The van der Waals surface area contributed by atoms with Gasteiger partial charge in [0.1, 0.15) is 0 Å². The first kappa shape index (κ1) is 24.4. The lowest BCUT2D eigenvalue weighted by Crippen LogP contribution is -2.03. The molecule has 0 saturated heterocycles. The van der Waals surface area contributed by atoms with Crippen molar-refractivity contribution in [2.24, 2.45) is 0 Å². The Morgan fingerprint density at radius 2 is 1.44 bits per heavy atom. The first-order valence-electron chi connectivity index (χ1n) is 8.69. The summed E-state index contributed by atoms with van der Waals surface area (Å²) in [7, 11) is -7.36. The summed E-state index contributed by atoms with van der Waals surface area (Å²) < 4.78 is 22.2. The van der Waals surface area contributed by atoms with E-state index in [1.54, 1.807) is 0 Å². The molecule has 0 aliphatic rings. The third kappa shape index (κ3) is 13.3. The van der Waals surface area contributed by atoms with Crippen LogP contribution in [0.2, 0.25) is 0 Å². The summed E-state index contributed by atoms with van der Waals surface area (Å²) in [5.41, 5.74) is 3.97. The highest BCUT2D eigenvalue weighted by Gasteiger charge is 2.44. The fraction of sp³-hybridized carbons (Fsp3) is 0.667. The maximum Gasteiger partial charge on any atom is 0.521 e. The van der Waals surface area contributed by atoms with Crippen LogP contribution in [0.25, 0.3) is 0 Å². The molecule has 0 rings (SSSR count). The predicted molar refractivity (Wildman–Crippen MR) is 105 cm³/mol. The summed E-state index contributed by atoms with van der Waals surface area (Å²) in [6.45, 7) is 8.40. The SMILES string of the molecule is CC(C)=CCCC(C)=CCCC(C)=CCCCC([P+](=O)O)P(=O)(O)O. The van der Waals surface area contributed by atoms with Crippen molar-refractivity contribution in [3.63, 3.8) is 0 Å². The Bertz CT molecular complexity index is 554. The van der Waals surface area contributed by atoms with E-state index in [2.05, 4.69) is 32.9 Å². The van der Waals surface area contributed by atoms with Crippen molar-refractivity contribution in [1.82, 2.24) is 0 Å². The van der Waals surface area contributed by atoms with Gasteiger partial charge in [0.15, 0.2) is 0 Å². The number of allylic oxidation sites excluding steroid dienone is 6. The van der Waals surface area contributed by atoms with Gasteiger partial charge in [-0.2, -0.15) is 4.89 Å². The van der Waals surface area contributed by atoms with Crippen LogP contribution < -0.4 is 0 Å². The average Bonchev–Trinajstić information content (AvgIpc) is 2.44. The summed E-state index contributed by atoms with van der Waals surface area (Å²) in [6, 6.07) is 0. The molecule has 5 nitrogen and oxygen atoms in total. The first-order chi connectivity index (χ1) is 11.5. The molecule has 0 saturated carbocycles. The van der Waals surface area contributed by atoms with Gasteiger partial charge >= 0.3 is 15.6 Å². The maximum absolute atomic E-state index is 11.1. The topological polar surface area (TPSA) is 94.8 Å². The highest BCUT2D eigenvalue weighted by Crippen LogP contribution is 2.53. The summed E-state index contributed by atoms with van der Waals surface area (Å²) in [6.07, 6.45) is 11.9. The molecule has 0 aromatic rings. The molecule has 144 valence electrons. The zero-order valence-corrected chi connectivity index (χ0v) is 17.6. The summed E-state index contributed by atoms with van der Waals surface area (Å²) >= 11 is 0. The van der Waals surface area contributed by atoms with Gasteiger partial charge in [-0.25, -0.2) is 0 Å². The number of hydrogen-bond donors (Lipinski definition) is 3. The molecule has 0 aromatic carbocycles. The van der Waals surface area contributed by atoms with Crippen molar-refractivity contribution in [2.75, 3.05) is 0 Å². The molecule has 3 N–H and O–H groups in total. The number of rotatable bonds is 12. The minimum atomic E-state index is -4.51. The Morgan fingerprint density at radius 3 is 1.88 bits per heavy atom. The van der Waals surface area contributed by atoms with Gasteiger partial charge in [-0.3, -0.25) is 4.57 Å². The van der Waals surface area contributed by atoms with Crippen molar-refractivity contribution in [3.8, 4) is 0 Å². The smallest absolute Gasteiger partial charge is 0.321 e. The van der Waals surface area contributed by atoms with Crippen LogP contribution in [-0.2, 0) is 9.13 Å². The minimum absolute atomic E-state index is 0.0587. The lowest BCUT2D eigenvalue weighted by molar-refractivity contribution is 0.362. The highest BCUT2D eigenvalue weighted by atomic mass is 31.2. The molecule has 0 heterocycles. The van der Waals surface area contributed by atoms with Gasteiger partial charge in [0.25, 0.3) is 5.40 Å². The van der Waals surface area contributed by atoms with E-state index in [0.717, 1.165) is 25.7 Å². The lowest BCUT2D eigenvalue weighted by atomic mass is 10.1. The minimum Gasteiger partial charge on any atom is -0.321 e. The fourth-order valence-electron chi connectivity index (χ4n) is 2.40. The third-order valence-corrected chi connectivity index (χ3v) is 7.22. The molecule has 0 amide bonds. The predicted octanol–water partition coefficient (Wildman–Crippen LogP) is 5.81. The second-order valence-corrected chi connectivity index (χ2v) is 10.2. The van der Waals surface area contributed by atoms with Crippen LogP contribution in [-0.4, -0.2) is 20.1 Å². The quantitative estimate of drug-likeness (QED) is 0.221. The van der Waals surface area contributed by atoms with Gasteiger partial charge in [0, 0.05) is 6.42 Å².